The van der Waals surface area contributed by atoms with Gasteiger partial charge in [0, 0.05) is 21.8 Å². The summed E-state index contributed by atoms with van der Waals surface area (Å²) >= 11 is 0. The van der Waals surface area contributed by atoms with Crippen molar-refractivity contribution in [2.75, 3.05) is 4.90 Å². The molecule has 10 aromatic rings. The van der Waals surface area contributed by atoms with Gasteiger partial charge < -0.3 is 9.32 Å². The third-order valence-electron chi connectivity index (χ3n) is 9.78. The molecule has 0 amide bonds. The van der Waals surface area contributed by atoms with Crippen LogP contribution in [0.25, 0.3) is 76.2 Å². The Morgan fingerprint density at radius 3 is 1.62 bits per heavy atom. The fourth-order valence-electron chi connectivity index (χ4n) is 7.68. The number of furan rings is 1. The van der Waals surface area contributed by atoms with Crippen molar-refractivity contribution in [3.8, 4) is 11.1 Å². The first kappa shape index (κ1) is 26.8. The van der Waals surface area contributed by atoms with Gasteiger partial charge in [-0.1, -0.05) is 146 Å². The van der Waals surface area contributed by atoms with Crippen LogP contribution in [0.4, 0.5) is 17.1 Å². The van der Waals surface area contributed by atoms with Gasteiger partial charge in [-0.3, -0.25) is 0 Å². The Hall–Kier alpha value is -6.38. The zero-order valence-electron chi connectivity index (χ0n) is 26.1. The lowest BCUT2D eigenvalue weighted by molar-refractivity contribution is 0.673. The molecule has 224 valence electrons. The number of hydrogen-bond acceptors (Lipinski definition) is 2. The summed E-state index contributed by atoms with van der Waals surface area (Å²) in [5.74, 6) is 0. The van der Waals surface area contributed by atoms with Crippen molar-refractivity contribution in [3.63, 3.8) is 0 Å². The molecule has 0 saturated carbocycles. The Morgan fingerprint density at radius 2 is 0.896 bits per heavy atom. The van der Waals surface area contributed by atoms with Crippen molar-refractivity contribution in [3.05, 3.63) is 176 Å². The van der Waals surface area contributed by atoms with E-state index in [0.717, 1.165) is 55.5 Å². The average Bonchev–Trinajstić information content (AvgIpc) is 3.56. The first-order valence-corrected chi connectivity index (χ1v) is 16.4. The van der Waals surface area contributed by atoms with Crippen LogP contribution >= 0.6 is 0 Å². The Bertz CT molecular complexity index is 2830. The van der Waals surface area contributed by atoms with E-state index in [1.54, 1.807) is 0 Å². The number of benzene rings is 9. The summed E-state index contributed by atoms with van der Waals surface area (Å²) in [5.41, 5.74) is 7.34. The maximum absolute atomic E-state index is 7.03. The summed E-state index contributed by atoms with van der Waals surface area (Å²) in [6, 6.07) is 63.2. The second kappa shape index (κ2) is 10.6. The fraction of sp³-hybridized carbons (Fsp3) is 0. The Kier molecular flexibility index (Phi) is 5.91. The molecule has 2 heteroatoms. The minimum Gasteiger partial charge on any atom is -0.455 e. The van der Waals surface area contributed by atoms with Crippen LogP contribution in [0, 0.1) is 0 Å². The Balaban J connectivity index is 1.43. The topological polar surface area (TPSA) is 16.4 Å². The maximum Gasteiger partial charge on any atom is 0.143 e. The lowest BCUT2D eigenvalue weighted by Crippen LogP contribution is -2.11. The number of fused-ring (bicyclic) bond motifs is 11. The van der Waals surface area contributed by atoms with Gasteiger partial charge in [0.1, 0.15) is 11.2 Å². The van der Waals surface area contributed by atoms with Gasteiger partial charge in [-0.25, -0.2) is 0 Å². The quantitative estimate of drug-likeness (QED) is 0.184. The van der Waals surface area contributed by atoms with Crippen molar-refractivity contribution in [2.24, 2.45) is 0 Å². The van der Waals surface area contributed by atoms with Gasteiger partial charge in [0.05, 0.1) is 16.8 Å². The van der Waals surface area contributed by atoms with E-state index in [-0.39, 0.29) is 0 Å². The number of para-hydroxylation sites is 1. The second-order valence-corrected chi connectivity index (χ2v) is 12.5. The van der Waals surface area contributed by atoms with Crippen molar-refractivity contribution in [1.29, 1.82) is 0 Å². The van der Waals surface area contributed by atoms with E-state index in [1.807, 2.05) is 0 Å². The number of anilines is 3. The second-order valence-electron chi connectivity index (χ2n) is 12.5. The van der Waals surface area contributed by atoms with Crippen LogP contribution in [0.15, 0.2) is 180 Å². The summed E-state index contributed by atoms with van der Waals surface area (Å²) in [5, 5.41) is 11.9. The van der Waals surface area contributed by atoms with Crippen LogP contribution in [0.5, 0.6) is 0 Å². The Morgan fingerprint density at radius 1 is 0.354 bits per heavy atom. The average molecular weight is 612 g/mol. The molecule has 0 radical (unpaired) electrons. The van der Waals surface area contributed by atoms with E-state index in [1.165, 1.54) is 37.7 Å². The molecule has 0 fully saturated rings. The van der Waals surface area contributed by atoms with Crippen molar-refractivity contribution in [1.82, 2.24) is 0 Å². The summed E-state index contributed by atoms with van der Waals surface area (Å²) in [6.45, 7) is 0. The first-order chi connectivity index (χ1) is 23.8. The van der Waals surface area contributed by atoms with Gasteiger partial charge in [-0.05, 0) is 73.8 Å². The van der Waals surface area contributed by atoms with E-state index in [0.29, 0.717) is 0 Å². The predicted octanol–water partition coefficient (Wildman–Crippen LogP) is 13.3. The molecule has 0 saturated heterocycles. The van der Waals surface area contributed by atoms with Gasteiger partial charge in [0.25, 0.3) is 0 Å². The highest BCUT2D eigenvalue weighted by atomic mass is 16.3. The third kappa shape index (κ3) is 4.00. The van der Waals surface area contributed by atoms with E-state index < -0.39 is 0 Å². The van der Waals surface area contributed by atoms with Gasteiger partial charge >= 0.3 is 0 Å². The van der Waals surface area contributed by atoms with E-state index in [9.17, 15) is 0 Å². The third-order valence-corrected chi connectivity index (χ3v) is 9.78. The van der Waals surface area contributed by atoms with Gasteiger partial charge in [-0.2, -0.15) is 0 Å². The molecule has 0 aliphatic carbocycles. The zero-order valence-corrected chi connectivity index (χ0v) is 26.1. The van der Waals surface area contributed by atoms with Crippen LogP contribution in [0.3, 0.4) is 0 Å². The van der Waals surface area contributed by atoms with Crippen LogP contribution in [-0.4, -0.2) is 0 Å². The molecule has 9 aromatic carbocycles. The first-order valence-electron chi connectivity index (χ1n) is 16.4. The number of rotatable bonds is 4. The molecule has 0 spiro atoms. The van der Waals surface area contributed by atoms with E-state index in [4.69, 9.17) is 4.42 Å². The monoisotopic (exact) mass is 611 g/mol. The van der Waals surface area contributed by atoms with E-state index in [2.05, 4.69) is 181 Å². The molecular weight excluding hydrogens is 583 g/mol. The molecule has 0 aliphatic heterocycles. The predicted molar refractivity (Wildman–Crippen MR) is 204 cm³/mol. The number of hydrogen-bond donors (Lipinski definition) is 0. The minimum atomic E-state index is 0.869. The van der Waals surface area contributed by atoms with Gasteiger partial charge in [0.15, 0.2) is 0 Å². The molecular formula is C46H29NO. The summed E-state index contributed by atoms with van der Waals surface area (Å²) < 4.78 is 7.03. The highest BCUT2D eigenvalue weighted by molar-refractivity contribution is 6.33. The van der Waals surface area contributed by atoms with Crippen molar-refractivity contribution < 1.29 is 4.42 Å². The normalized spacial score (nSPS) is 11.8. The van der Waals surface area contributed by atoms with Gasteiger partial charge in [0.2, 0.25) is 0 Å². The van der Waals surface area contributed by atoms with Crippen LogP contribution in [0.2, 0.25) is 0 Å². The lowest BCUT2D eigenvalue weighted by atomic mass is 9.94. The van der Waals surface area contributed by atoms with Crippen molar-refractivity contribution >= 4 is 82.1 Å². The summed E-state index contributed by atoms with van der Waals surface area (Å²) in [6.07, 6.45) is 0. The molecule has 0 N–H and O–H groups in total. The van der Waals surface area contributed by atoms with Gasteiger partial charge in [-0.15, -0.1) is 0 Å². The van der Waals surface area contributed by atoms with E-state index >= 15 is 0 Å². The smallest absolute Gasteiger partial charge is 0.143 e. The maximum atomic E-state index is 7.03. The molecule has 0 bridgehead atoms. The van der Waals surface area contributed by atoms with Crippen LogP contribution < -0.4 is 4.90 Å². The molecule has 48 heavy (non-hydrogen) atoms. The summed E-state index contributed by atoms with van der Waals surface area (Å²) in [7, 11) is 0. The molecule has 0 unspecified atom stereocenters. The molecule has 0 aliphatic rings. The minimum absolute atomic E-state index is 0.869. The Labute approximate surface area is 277 Å². The van der Waals surface area contributed by atoms with Crippen LogP contribution in [-0.2, 0) is 0 Å². The van der Waals surface area contributed by atoms with Crippen molar-refractivity contribution in [2.45, 2.75) is 0 Å². The molecule has 0 atom stereocenters. The standard InChI is InChI=1S/C46H29NO/c1-3-15-30(16-4-1)32-28-42(45-43(29-32)48-46-40-26-14-11-23-37(40)36-22-10-13-25-39(36)44(45)46)47(33-18-5-2-6-19-33)41-27-31-17-7-8-20-34(31)35-21-9-12-24-38(35)41/h1-29H. The molecule has 1 aromatic heterocycles. The fourth-order valence-corrected chi connectivity index (χ4v) is 7.68. The highest BCUT2D eigenvalue weighted by Gasteiger charge is 2.25. The number of nitrogens with zero attached hydrogens (tertiary/aromatic N) is 1. The highest BCUT2D eigenvalue weighted by Crippen LogP contribution is 2.50. The zero-order chi connectivity index (χ0) is 31.6. The van der Waals surface area contributed by atoms with Crippen LogP contribution in [0.1, 0.15) is 0 Å². The summed E-state index contributed by atoms with van der Waals surface area (Å²) in [4.78, 5) is 2.45. The largest absolute Gasteiger partial charge is 0.455 e. The molecule has 1 heterocycles. The molecule has 2 nitrogen and oxygen atoms in total. The SMILES string of the molecule is c1ccc(-c2cc(N(c3ccccc3)c3cc4ccccc4c4ccccc34)c3c(c2)oc2c4ccccc4c4ccccc4c23)cc1. The molecule has 10 rings (SSSR count). The lowest BCUT2D eigenvalue weighted by Gasteiger charge is -2.29.